The summed E-state index contributed by atoms with van der Waals surface area (Å²) in [5.74, 6) is 1.10. The van der Waals surface area contributed by atoms with Crippen LogP contribution in [0.25, 0.3) is 0 Å². The van der Waals surface area contributed by atoms with Crippen LogP contribution in [0.1, 0.15) is 45.1 Å². The number of anilines is 1. The van der Waals surface area contributed by atoms with Crippen molar-refractivity contribution in [1.29, 1.82) is 0 Å². The van der Waals surface area contributed by atoms with Crippen molar-refractivity contribution >= 4 is 17.6 Å². The predicted molar refractivity (Wildman–Crippen MR) is 111 cm³/mol. The van der Waals surface area contributed by atoms with Crippen LogP contribution in [0.5, 0.6) is 0 Å². The van der Waals surface area contributed by atoms with Crippen molar-refractivity contribution in [2.75, 3.05) is 37.7 Å². The second kappa shape index (κ2) is 11.6. The van der Waals surface area contributed by atoms with Crippen molar-refractivity contribution in [3.05, 3.63) is 29.8 Å². The Bertz CT molecular complexity index is 612. The normalized spacial score (nSPS) is 15.2. The second-order valence-electron chi connectivity index (χ2n) is 7.02. The summed E-state index contributed by atoms with van der Waals surface area (Å²) in [6, 6.07) is 8.12. The number of fused-ring (bicyclic) bond motifs is 1. The van der Waals surface area contributed by atoms with Crippen LogP contribution in [0.4, 0.5) is 5.69 Å². The van der Waals surface area contributed by atoms with Crippen LogP contribution in [-0.4, -0.2) is 49.8 Å². The van der Waals surface area contributed by atoms with Gasteiger partial charge in [0.05, 0.1) is 0 Å². The maximum atomic E-state index is 12.7. The average molecular weight is 375 g/mol. The van der Waals surface area contributed by atoms with Crippen molar-refractivity contribution in [3.8, 4) is 0 Å². The van der Waals surface area contributed by atoms with Gasteiger partial charge < -0.3 is 20.6 Å². The Morgan fingerprint density at radius 1 is 1.26 bits per heavy atom. The van der Waals surface area contributed by atoms with Gasteiger partial charge in [0.2, 0.25) is 5.91 Å². The molecule has 0 spiro atoms. The molecule has 1 unspecified atom stereocenters. The van der Waals surface area contributed by atoms with Crippen molar-refractivity contribution in [1.82, 2.24) is 10.6 Å². The Kier molecular flexibility index (Phi) is 9.11. The van der Waals surface area contributed by atoms with Crippen LogP contribution in [-0.2, 0) is 11.2 Å². The largest absolute Gasteiger partial charge is 0.396 e. The number of hydrogen-bond donors (Lipinski definition) is 3. The highest BCUT2D eigenvalue weighted by Gasteiger charge is 2.21. The first-order valence-corrected chi connectivity index (χ1v) is 10.2. The number of aliphatic hydroxyl groups excluding tert-OH is 1. The third-order valence-corrected chi connectivity index (χ3v) is 4.92. The maximum absolute atomic E-state index is 12.7. The van der Waals surface area contributed by atoms with Crippen LogP contribution < -0.4 is 15.5 Å². The van der Waals surface area contributed by atoms with Gasteiger partial charge in [-0.25, -0.2) is 4.99 Å². The van der Waals surface area contributed by atoms with Gasteiger partial charge in [0, 0.05) is 31.9 Å². The number of hydrogen-bond acceptors (Lipinski definition) is 3. The summed E-state index contributed by atoms with van der Waals surface area (Å²) < 4.78 is 0. The Balaban J connectivity index is 1.96. The lowest BCUT2D eigenvalue weighted by Crippen LogP contribution is -2.42. The van der Waals surface area contributed by atoms with Crippen molar-refractivity contribution in [2.24, 2.45) is 10.9 Å². The van der Waals surface area contributed by atoms with E-state index in [-0.39, 0.29) is 19.1 Å². The van der Waals surface area contributed by atoms with Crippen LogP contribution in [0.2, 0.25) is 0 Å². The molecule has 1 amide bonds. The number of guanidine groups is 1. The number of aliphatic imine (C=N–C) groups is 1. The first-order valence-electron chi connectivity index (χ1n) is 10.2. The first-order chi connectivity index (χ1) is 13.2. The Morgan fingerprint density at radius 3 is 2.81 bits per heavy atom. The van der Waals surface area contributed by atoms with Gasteiger partial charge in [0.25, 0.3) is 0 Å². The number of nitrogens with zero attached hydrogens (tertiary/aromatic N) is 2. The van der Waals surface area contributed by atoms with Crippen LogP contribution in [0.3, 0.4) is 0 Å². The van der Waals surface area contributed by atoms with Crippen molar-refractivity contribution in [3.63, 3.8) is 0 Å². The fraction of sp³-hybridized carbons (Fsp3) is 0.619. The lowest BCUT2D eigenvalue weighted by atomic mass is 10.0. The molecule has 0 aromatic heterocycles. The zero-order valence-electron chi connectivity index (χ0n) is 16.7. The van der Waals surface area contributed by atoms with Gasteiger partial charge in [-0.2, -0.15) is 0 Å². The van der Waals surface area contributed by atoms with Crippen LogP contribution >= 0.6 is 0 Å². The molecule has 27 heavy (non-hydrogen) atoms. The van der Waals surface area contributed by atoms with Crippen molar-refractivity contribution in [2.45, 2.75) is 46.0 Å². The SMILES string of the molecule is CCCC(CCO)CNC(=NCC(=O)N1CCCc2ccccc21)NCC. The molecule has 3 N–H and O–H groups in total. The second-order valence-corrected chi connectivity index (χ2v) is 7.02. The molecule has 1 heterocycles. The highest BCUT2D eigenvalue weighted by molar-refractivity contribution is 5.97. The minimum atomic E-state index is 0.0276. The molecule has 150 valence electrons. The number of carbonyl (C=O) groups excluding carboxylic acids is 1. The summed E-state index contributed by atoms with van der Waals surface area (Å²) in [6.07, 6.45) is 4.95. The molecule has 1 atom stereocenters. The summed E-state index contributed by atoms with van der Waals surface area (Å²) in [5, 5.41) is 15.7. The topological polar surface area (TPSA) is 77.0 Å². The van der Waals surface area contributed by atoms with E-state index in [2.05, 4.69) is 28.6 Å². The highest BCUT2D eigenvalue weighted by Crippen LogP contribution is 2.26. The lowest BCUT2D eigenvalue weighted by molar-refractivity contribution is -0.117. The van der Waals surface area contributed by atoms with E-state index >= 15 is 0 Å². The molecule has 0 saturated heterocycles. The lowest BCUT2D eigenvalue weighted by Gasteiger charge is -2.29. The van der Waals surface area contributed by atoms with E-state index in [9.17, 15) is 9.90 Å². The molecule has 0 radical (unpaired) electrons. The molecule has 6 nitrogen and oxygen atoms in total. The number of aliphatic hydroxyl groups is 1. The van der Waals surface area contributed by atoms with Gasteiger partial charge >= 0.3 is 0 Å². The van der Waals surface area contributed by atoms with Gasteiger partial charge in [-0.1, -0.05) is 31.5 Å². The van der Waals surface area contributed by atoms with Gasteiger partial charge in [0.1, 0.15) is 6.54 Å². The molecule has 0 bridgehead atoms. The number of rotatable bonds is 9. The predicted octanol–water partition coefficient (Wildman–Crippen LogP) is 2.32. The molecule has 0 fully saturated rings. The summed E-state index contributed by atoms with van der Waals surface area (Å²) in [7, 11) is 0. The van der Waals surface area contributed by atoms with Gasteiger partial charge in [-0.05, 0) is 50.2 Å². The van der Waals surface area contributed by atoms with Gasteiger partial charge in [0.15, 0.2) is 5.96 Å². The number of amides is 1. The van der Waals surface area contributed by atoms with E-state index in [1.54, 1.807) is 0 Å². The fourth-order valence-corrected chi connectivity index (χ4v) is 3.55. The Labute approximate surface area is 163 Å². The Morgan fingerprint density at radius 2 is 2.07 bits per heavy atom. The molecule has 1 aliphatic rings. The fourth-order valence-electron chi connectivity index (χ4n) is 3.55. The number of aryl methyl sites for hydroxylation is 1. The number of benzene rings is 1. The molecule has 1 aromatic carbocycles. The summed E-state index contributed by atoms with van der Waals surface area (Å²) in [5.41, 5.74) is 2.25. The maximum Gasteiger partial charge on any atom is 0.248 e. The van der Waals surface area contributed by atoms with Crippen LogP contribution in [0, 0.1) is 5.92 Å². The molecule has 2 rings (SSSR count). The summed E-state index contributed by atoms with van der Waals surface area (Å²) >= 11 is 0. The molecule has 1 aromatic rings. The molecular formula is C21H34N4O2. The number of nitrogens with one attached hydrogen (secondary N) is 2. The van der Waals surface area contributed by atoms with Gasteiger partial charge in [-0.3, -0.25) is 4.79 Å². The van der Waals surface area contributed by atoms with Crippen LogP contribution in [0.15, 0.2) is 29.3 Å². The minimum absolute atomic E-state index is 0.0276. The molecule has 0 saturated carbocycles. The van der Waals surface area contributed by atoms with E-state index in [1.165, 1.54) is 5.56 Å². The average Bonchev–Trinajstić information content (AvgIpc) is 2.69. The number of para-hydroxylation sites is 1. The van der Waals surface area contributed by atoms with Gasteiger partial charge in [-0.15, -0.1) is 0 Å². The summed E-state index contributed by atoms with van der Waals surface area (Å²) in [6.45, 7) is 6.74. The Hall–Kier alpha value is -2.08. The molecule has 1 aliphatic heterocycles. The first kappa shape index (κ1) is 21.2. The summed E-state index contributed by atoms with van der Waals surface area (Å²) in [4.78, 5) is 19.1. The van der Waals surface area contributed by atoms with E-state index in [0.29, 0.717) is 11.9 Å². The number of carbonyl (C=O) groups is 1. The van der Waals surface area contributed by atoms with E-state index < -0.39 is 0 Å². The highest BCUT2D eigenvalue weighted by atomic mass is 16.3. The van der Waals surface area contributed by atoms with E-state index in [0.717, 1.165) is 57.4 Å². The van der Waals surface area contributed by atoms with Crippen molar-refractivity contribution < 1.29 is 9.90 Å². The quantitative estimate of drug-likeness (QED) is 0.458. The van der Waals surface area contributed by atoms with E-state index in [1.807, 2.05) is 30.0 Å². The standard InChI is InChI=1S/C21H34N4O2/c1-3-8-17(12-14-26)15-23-21(22-4-2)24-16-20(27)25-13-7-10-18-9-5-6-11-19(18)25/h5-6,9,11,17,26H,3-4,7-8,10,12-16H2,1-2H3,(H2,22,23,24). The minimum Gasteiger partial charge on any atom is -0.396 e. The molecule has 0 aliphatic carbocycles. The smallest absolute Gasteiger partial charge is 0.248 e. The zero-order chi connectivity index (χ0) is 19.5. The molecule has 6 heteroatoms. The van der Waals surface area contributed by atoms with E-state index in [4.69, 9.17) is 0 Å². The third kappa shape index (κ3) is 6.54. The third-order valence-electron chi connectivity index (χ3n) is 4.92. The monoisotopic (exact) mass is 374 g/mol. The molecular weight excluding hydrogens is 340 g/mol. The zero-order valence-corrected chi connectivity index (χ0v) is 16.7.